The van der Waals surface area contributed by atoms with Gasteiger partial charge in [0.1, 0.15) is 0 Å². The molecular formula is C15H24N2O2S2. The second-order valence-electron chi connectivity index (χ2n) is 5.24. The summed E-state index contributed by atoms with van der Waals surface area (Å²) in [5.74, 6) is 1.43. The van der Waals surface area contributed by atoms with Gasteiger partial charge in [-0.2, -0.15) is 0 Å². The minimum atomic E-state index is -3.38. The van der Waals surface area contributed by atoms with E-state index >= 15 is 0 Å². The first-order chi connectivity index (χ1) is 10.1. The minimum absolute atomic E-state index is 0.349. The number of nitrogens with zero attached hydrogens (tertiary/aromatic N) is 1. The minimum Gasteiger partial charge on any atom is -0.372 e. The molecule has 0 amide bonds. The van der Waals surface area contributed by atoms with Crippen molar-refractivity contribution in [1.29, 1.82) is 0 Å². The van der Waals surface area contributed by atoms with Crippen LogP contribution in [0.4, 0.5) is 5.69 Å². The van der Waals surface area contributed by atoms with Gasteiger partial charge in [-0.05, 0) is 49.3 Å². The lowest BCUT2D eigenvalue weighted by molar-refractivity contribution is 0.587. The quantitative estimate of drug-likeness (QED) is 0.588. The van der Waals surface area contributed by atoms with Gasteiger partial charge in [0.15, 0.2) is 0 Å². The topological polar surface area (TPSA) is 49.4 Å². The lowest BCUT2D eigenvalue weighted by Gasteiger charge is -2.17. The molecule has 6 heteroatoms. The van der Waals surface area contributed by atoms with Gasteiger partial charge in [0.2, 0.25) is 10.0 Å². The van der Waals surface area contributed by atoms with E-state index in [9.17, 15) is 8.42 Å². The molecule has 1 aliphatic heterocycles. The highest BCUT2D eigenvalue weighted by Gasteiger charge is 2.16. The SMILES string of the molecule is CCCCSCNS(=O)(=O)c1ccc(N2CCCC2)cc1. The molecule has 0 unspecified atom stereocenters. The zero-order valence-corrected chi connectivity index (χ0v) is 14.2. The van der Waals surface area contributed by atoms with Crippen molar-refractivity contribution in [3.05, 3.63) is 24.3 Å². The van der Waals surface area contributed by atoms with Crippen LogP contribution in [0, 0.1) is 0 Å². The first-order valence-corrected chi connectivity index (χ1v) is 10.2. The second kappa shape index (κ2) is 8.06. The summed E-state index contributed by atoms with van der Waals surface area (Å²) in [7, 11) is -3.38. The maximum Gasteiger partial charge on any atom is 0.241 e. The van der Waals surface area contributed by atoms with E-state index in [2.05, 4.69) is 16.5 Å². The standard InChI is InChI=1S/C15H24N2O2S2/c1-2-3-12-20-13-16-21(18,19)15-8-6-14(7-9-15)17-10-4-5-11-17/h6-9,16H,2-5,10-13H2,1H3. The summed E-state index contributed by atoms with van der Waals surface area (Å²) in [5, 5.41) is 0. The molecule has 0 atom stereocenters. The first kappa shape index (κ1) is 16.6. The van der Waals surface area contributed by atoms with Crippen LogP contribution in [0.25, 0.3) is 0 Å². The molecule has 0 spiro atoms. The van der Waals surface area contributed by atoms with E-state index in [0.717, 1.165) is 37.4 Å². The number of nitrogens with one attached hydrogen (secondary N) is 1. The average Bonchev–Trinajstić information content (AvgIpc) is 3.01. The van der Waals surface area contributed by atoms with Crippen molar-refractivity contribution in [2.45, 2.75) is 37.5 Å². The molecule has 1 saturated heterocycles. The molecule has 0 aliphatic carbocycles. The van der Waals surface area contributed by atoms with E-state index in [0.29, 0.717) is 10.8 Å². The molecule has 4 nitrogen and oxygen atoms in total. The van der Waals surface area contributed by atoms with Gasteiger partial charge in [0, 0.05) is 18.8 Å². The van der Waals surface area contributed by atoms with Crippen molar-refractivity contribution in [2.75, 3.05) is 29.6 Å². The van der Waals surface area contributed by atoms with Gasteiger partial charge in [-0.1, -0.05) is 13.3 Å². The van der Waals surface area contributed by atoms with Crippen LogP contribution in [-0.2, 0) is 10.0 Å². The van der Waals surface area contributed by atoms with Gasteiger partial charge < -0.3 is 4.90 Å². The Kier molecular flexibility index (Phi) is 6.39. The van der Waals surface area contributed by atoms with Crippen LogP contribution in [0.2, 0.25) is 0 Å². The van der Waals surface area contributed by atoms with Gasteiger partial charge >= 0.3 is 0 Å². The van der Waals surface area contributed by atoms with Crippen LogP contribution in [0.3, 0.4) is 0 Å². The van der Waals surface area contributed by atoms with Crippen molar-refractivity contribution >= 4 is 27.5 Å². The summed E-state index contributed by atoms with van der Waals surface area (Å²) in [5.41, 5.74) is 1.11. The van der Waals surface area contributed by atoms with Gasteiger partial charge in [0.25, 0.3) is 0 Å². The fourth-order valence-electron chi connectivity index (χ4n) is 2.33. The van der Waals surface area contributed by atoms with E-state index < -0.39 is 10.0 Å². The Hall–Kier alpha value is -0.720. The Morgan fingerprint density at radius 2 is 1.86 bits per heavy atom. The Morgan fingerprint density at radius 1 is 1.19 bits per heavy atom. The largest absolute Gasteiger partial charge is 0.372 e. The smallest absolute Gasteiger partial charge is 0.241 e. The van der Waals surface area contributed by atoms with Crippen molar-refractivity contribution in [3.8, 4) is 0 Å². The molecule has 21 heavy (non-hydrogen) atoms. The number of anilines is 1. The van der Waals surface area contributed by atoms with Crippen LogP contribution in [0.5, 0.6) is 0 Å². The Bertz CT molecular complexity index is 523. The van der Waals surface area contributed by atoms with Gasteiger partial charge in [-0.15, -0.1) is 11.8 Å². The van der Waals surface area contributed by atoms with Crippen LogP contribution in [0.1, 0.15) is 32.6 Å². The summed E-state index contributed by atoms with van der Waals surface area (Å²) in [6.45, 7) is 4.27. The molecule has 1 heterocycles. The maximum absolute atomic E-state index is 12.2. The van der Waals surface area contributed by atoms with E-state index in [1.165, 1.54) is 12.8 Å². The summed E-state index contributed by atoms with van der Waals surface area (Å²) in [6, 6.07) is 7.22. The van der Waals surface area contributed by atoms with Crippen LogP contribution in [-0.4, -0.2) is 33.1 Å². The number of hydrogen-bond acceptors (Lipinski definition) is 4. The highest BCUT2D eigenvalue weighted by Crippen LogP contribution is 2.22. The number of unbranched alkanes of at least 4 members (excludes halogenated alkanes) is 1. The number of sulfonamides is 1. The monoisotopic (exact) mass is 328 g/mol. The van der Waals surface area contributed by atoms with E-state index in [4.69, 9.17) is 0 Å². The summed E-state index contributed by atoms with van der Waals surface area (Å²) in [6.07, 6.45) is 4.70. The molecule has 1 aromatic carbocycles. The van der Waals surface area contributed by atoms with E-state index in [1.807, 2.05) is 12.1 Å². The highest BCUT2D eigenvalue weighted by atomic mass is 32.2. The Labute approximate surface area is 132 Å². The van der Waals surface area contributed by atoms with Gasteiger partial charge in [-0.25, -0.2) is 13.1 Å². The molecule has 0 saturated carbocycles. The molecule has 1 N–H and O–H groups in total. The molecule has 0 bridgehead atoms. The zero-order valence-electron chi connectivity index (χ0n) is 12.5. The molecule has 1 aliphatic rings. The molecule has 118 valence electrons. The normalized spacial score (nSPS) is 15.6. The molecule has 0 aromatic heterocycles. The first-order valence-electron chi connectivity index (χ1n) is 7.56. The molecule has 0 radical (unpaired) electrons. The third-order valence-corrected chi connectivity index (χ3v) is 6.14. The lowest BCUT2D eigenvalue weighted by Crippen LogP contribution is -2.23. The summed E-state index contributed by atoms with van der Waals surface area (Å²) in [4.78, 5) is 2.64. The number of benzene rings is 1. The van der Waals surface area contributed by atoms with Crippen molar-refractivity contribution in [1.82, 2.24) is 4.72 Å². The predicted molar refractivity (Wildman–Crippen MR) is 90.4 cm³/mol. The lowest BCUT2D eigenvalue weighted by atomic mass is 10.3. The summed E-state index contributed by atoms with van der Waals surface area (Å²) >= 11 is 1.62. The zero-order chi connectivity index (χ0) is 15.1. The molecular weight excluding hydrogens is 304 g/mol. The molecule has 2 rings (SSSR count). The van der Waals surface area contributed by atoms with Crippen LogP contribution < -0.4 is 9.62 Å². The Balaban J connectivity index is 1.90. The van der Waals surface area contributed by atoms with Crippen molar-refractivity contribution in [3.63, 3.8) is 0 Å². The Morgan fingerprint density at radius 3 is 2.48 bits per heavy atom. The van der Waals surface area contributed by atoms with Crippen molar-refractivity contribution < 1.29 is 8.42 Å². The van der Waals surface area contributed by atoms with Crippen LogP contribution in [0.15, 0.2) is 29.2 Å². The third kappa shape index (κ3) is 4.90. The number of hydrogen-bond donors (Lipinski definition) is 1. The number of rotatable bonds is 8. The van der Waals surface area contributed by atoms with Crippen molar-refractivity contribution in [2.24, 2.45) is 0 Å². The average molecular weight is 329 g/mol. The van der Waals surface area contributed by atoms with E-state index in [-0.39, 0.29) is 0 Å². The van der Waals surface area contributed by atoms with Gasteiger partial charge in [0.05, 0.1) is 10.8 Å². The molecule has 1 aromatic rings. The second-order valence-corrected chi connectivity index (χ2v) is 8.11. The summed E-state index contributed by atoms with van der Waals surface area (Å²) < 4.78 is 27.0. The van der Waals surface area contributed by atoms with E-state index in [1.54, 1.807) is 23.9 Å². The van der Waals surface area contributed by atoms with Crippen LogP contribution >= 0.6 is 11.8 Å². The van der Waals surface area contributed by atoms with Gasteiger partial charge in [-0.3, -0.25) is 0 Å². The third-order valence-electron chi connectivity index (χ3n) is 3.61. The molecule has 1 fully saturated rings. The predicted octanol–water partition coefficient (Wildman–Crippen LogP) is 3.06. The highest BCUT2D eigenvalue weighted by molar-refractivity contribution is 8.00. The fourth-order valence-corrected chi connectivity index (χ4v) is 4.58. The fraction of sp³-hybridized carbons (Fsp3) is 0.600. The maximum atomic E-state index is 12.2. The number of thioether (sulfide) groups is 1.